The molecule has 7 heteroatoms. The maximum atomic E-state index is 14.4. The van der Waals surface area contributed by atoms with E-state index in [-0.39, 0.29) is 23.5 Å². The molecule has 1 amide bonds. The number of esters is 1. The lowest BCUT2D eigenvalue weighted by Gasteiger charge is -2.24. The zero-order valence-electron chi connectivity index (χ0n) is 17.4. The number of aliphatic hydroxyl groups is 1. The molecular formula is C23H31F2NO4. The first-order chi connectivity index (χ1) is 14.4. The summed E-state index contributed by atoms with van der Waals surface area (Å²) in [5, 5.41) is 10.0. The van der Waals surface area contributed by atoms with E-state index < -0.39 is 12.0 Å². The van der Waals surface area contributed by atoms with Crippen molar-refractivity contribution in [1.82, 2.24) is 4.90 Å². The largest absolute Gasteiger partial charge is 0.466 e. The van der Waals surface area contributed by atoms with Gasteiger partial charge in [-0.1, -0.05) is 55.3 Å². The van der Waals surface area contributed by atoms with Crippen LogP contribution < -0.4 is 0 Å². The number of benzene rings is 1. The molecule has 30 heavy (non-hydrogen) atoms. The van der Waals surface area contributed by atoms with Gasteiger partial charge in [-0.2, -0.15) is 8.78 Å². The number of unbranched alkanes of at least 4 members (excludes halogenated alkanes) is 3. The zero-order valence-corrected chi connectivity index (χ0v) is 17.4. The maximum Gasteiger partial charge on any atom is 0.305 e. The van der Waals surface area contributed by atoms with Crippen molar-refractivity contribution < 1.29 is 28.2 Å². The van der Waals surface area contributed by atoms with Gasteiger partial charge in [0.05, 0.1) is 12.6 Å². The Labute approximate surface area is 176 Å². The molecule has 1 N–H and O–H groups in total. The molecular weight excluding hydrogens is 392 g/mol. The second kappa shape index (κ2) is 11.8. The molecule has 166 valence electrons. The van der Waals surface area contributed by atoms with Gasteiger partial charge in [0.15, 0.2) is 0 Å². The van der Waals surface area contributed by atoms with E-state index >= 15 is 0 Å². The molecule has 0 aromatic heterocycles. The number of likely N-dealkylation sites (tertiary alicyclic amines) is 1. The molecule has 0 aliphatic carbocycles. The average Bonchev–Trinajstić information content (AvgIpc) is 3.09. The van der Waals surface area contributed by atoms with Gasteiger partial charge in [0.2, 0.25) is 5.91 Å². The molecule has 0 saturated carbocycles. The third-order valence-electron chi connectivity index (χ3n) is 5.26. The molecule has 1 aliphatic heterocycles. The number of alkyl halides is 2. The number of rotatable bonds is 12. The smallest absolute Gasteiger partial charge is 0.305 e. The standard InChI is InChI=1S/C23H31F2NO4/c1-2-30-22(29)12-8-3-4-9-17-26-19(14-16-21(26)28)13-15-20(27)23(24,25)18-10-6-5-7-11-18/h5-7,10-11,13,15,19-20,27H,2-4,8-9,12,14,16-17H2,1H3/t19-,20+/m0/s1. The summed E-state index contributed by atoms with van der Waals surface area (Å²) in [6, 6.07) is 6.93. The lowest BCUT2D eigenvalue weighted by atomic mass is 10.0. The van der Waals surface area contributed by atoms with Crippen LogP contribution in [0.5, 0.6) is 0 Å². The Bertz CT molecular complexity index is 708. The fourth-order valence-corrected chi connectivity index (χ4v) is 3.57. The van der Waals surface area contributed by atoms with Gasteiger partial charge in [0.1, 0.15) is 6.10 Å². The van der Waals surface area contributed by atoms with Crippen molar-refractivity contribution >= 4 is 11.9 Å². The van der Waals surface area contributed by atoms with Crippen molar-refractivity contribution in [3.63, 3.8) is 0 Å². The molecule has 1 heterocycles. The Balaban J connectivity index is 1.80. The average molecular weight is 424 g/mol. The van der Waals surface area contributed by atoms with E-state index in [1.807, 2.05) is 0 Å². The van der Waals surface area contributed by atoms with Crippen molar-refractivity contribution in [3.8, 4) is 0 Å². The van der Waals surface area contributed by atoms with Gasteiger partial charge < -0.3 is 14.7 Å². The maximum absolute atomic E-state index is 14.4. The van der Waals surface area contributed by atoms with Crippen LogP contribution in [0.15, 0.2) is 42.5 Å². The molecule has 1 saturated heterocycles. The lowest BCUT2D eigenvalue weighted by Crippen LogP contribution is -2.34. The molecule has 2 atom stereocenters. The van der Waals surface area contributed by atoms with Crippen LogP contribution in [-0.4, -0.2) is 47.2 Å². The first-order valence-electron chi connectivity index (χ1n) is 10.6. The summed E-state index contributed by atoms with van der Waals surface area (Å²) in [6.07, 6.45) is 5.26. The fraction of sp³-hybridized carbons (Fsp3) is 0.565. The molecule has 0 unspecified atom stereocenters. The number of halogens is 2. The third kappa shape index (κ3) is 6.90. The van der Waals surface area contributed by atoms with E-state index in [4.69, 9.17) is 4.74 Å². The molecule has 1 fully saturated rings. The summed E-state index contributed by atoms with van der Waals surface area (Å²) in [6.45, 7) is 2.70. The summed E-state index contributed by atoms with van der Waals surface area (Å²) >= 11 is 0. The highest BCUT2D eigenvalue weighted by Crippen LogP contribution is 2.32. The van der Waals surface area contributed by atoms with Gasteiger partial charge in [-0.05, 0) is 26.2 Å². The number of amides is 1. The number of carbonyl (C=O) groups is 2. The van der Waals surface area contributed by atoms with E-state index in [2.05, 4.69) is 0 Å². The lowest BCUT2D eigenvalue weighted by molar-refractivity contribution is -0.143. The summed E-state index contributed by atoms with van der Waals surface area (Å²) in [4.78, 5) is 25.1. The number of nitrogens with zero attached hydrogens (tertiary/aromatic N) is 1. The van der Waals surface area contributed by atoms with Gasteiger partial charge in [0, 0.05) is 24.9 Å². The molecule has 0 bridgehead atoms. The second-order valence-corrected chi connectivity index (χ2v) is 7.48. The normalized spacial score (nSPS) is 18.2. The van der Waals surface area contributed by atoms with Crippen molar-refractivity contribution in [2.45, 2.75) is 69.9 Å². The first kappa shape index (κ1) is 24.0. The summed E-state index contributed by atoms with van der Waals surface area (Å²) < 4.78 is 33.7. The van der Waals surface area contributed by atoms with Crippen LogP contribution in [0.4, 0.5) is 8.78 Å². The van der Waals surface area contributed by atoms with Gasteiger partial charge in [0.25, 0.3) is 0 Å². The van der Waals surface area contributed by atoms with Crippen molar-refractivity contribution in [2.24, 2.45) is 0 Å². The topological polar surface area (TPSA) is 66.8 Å². The fourth-order valence-electron chi connectivity index (χ4n) is 3.57. The SMILES string of the molecule is CCOC(=O)CCCCCCN1C(=O)CC[C@@H]1C=C[C@@H](O)C(F)(F)c1ccccc1. The highest BCUT2D eigenvalue weighted by atomic mass is 19.3. The van der Waals surface area contributed by atoms with Crippen LogP contribution >= 0.6 is 0 Å². The molecule has 1 aromatic carbocycles. The van der Waals surface area contributed by atoms with Gasteiger partial charge >= 0.3 is 11.9 Å². The van der Waals surface area contributed by atoms with Crippen LogP contribution in [0.25, 0.3) is 0 Å². The van der Waals surface area contributed by atoms with E-state index in [1.54, 1.807) is 17.9 Å². The predicted molar refractivity (Wildman–Crippen MR) is 110 cm³/mol. The minimum absolute atomic E-state index is 0.000447. The molecule has 1 aliphatic rings. The highest BCUT2D eigenvalue weighted by Gasteiger charge is 2.39. The van der Waals surface area contributed by atoms with Crippen molar-refractivity contribution in [2.75, 3.05) is 13.2 Å². The Morgan fingerprint density at radius 1 is 1.27 bits per heavy atom. The summed E-state index contributed by atoms with van der Waals surface area (Å²) in [5.41, 5.74) is -0.246. The second-order valence-electron chi connectivity index (χ2n) is 7.48. The van der Waals surface area contributed by atoms with Crippen LogP contribution in [0, 0.1) is 0 Å². The summed E-state index contributed by atoms with van der Waals surface area (Å²) in [7, 11) is 0. The zero-order chi connectivity index (χ0) is 22.0. The van der Waals surface area contributed by atoms with Gasteiger partial charge in [-0.15, -0.1) is 0 Å². The first-order valence-corrected chi connectivity index (χ1v) is 10.6. The highest BCUT2D eigenvalue weighted by molar-refractivity contribution is 5.79. The summed E-state index contributed by atoms with van der Waals surface area (Å²) in [5.74, 6) is -3.59. The molecule has 0 spiro atoms. The Morgan fingerprint density at radius 3 is 2.67 bits per heavy atom. The van der Waals surface area contributed by atoms with E-state index in [9.17, 15) is 23.5 Å². The van der Waals surface area contributed by atoms with Gasteiger partial charge in [-0.25, -0.2) is 0 Å². The van der Waals surface area contributed by atoms with E-state index in [1.165, 1.54) is 30.3 Å². The molecule has 0 radical (unpaired) electrons. The van der Waals surface area contributed by atoms with Crippen LogP contribution in [-0.2, 0) is 20.2 Å². The Morgan fingerprint density at radius 2 is 1.97 bits per heavy atom. The van der Waals surface area contributed by atoms with Gasteiger partial charge in [-0.3, -0.25) is 9.59 Å². The number of hydrogen-bond donors (Lipinski definition) is 1. The minimum Gasteiger partial charge on any atom is -0.466 e. The third-order valence-corrected chi connectivity index (χ3v) is 5.26. The van der Waals surface area contributed by atoms with Crippen molar-refractivity contribution in [3.05, 3.63) is 48.0 Å². The monoisotopic (exact) mass is 423 g/mol. The van der Waals surface area contributed by atoms with E-state index in [0.29, 0.717) is 32.4 Å². The number of ether oxygens (including phenoxy) is 1. The van der Waals surface area contributed by atoms with E-state index in [0.717, 1.165) is 31.8 Å². The quantitative estimate of drug-likeness (QED) is 0.311. The molecule has 2 rings (SSSR count). The van der Waals surface area contributed by atoms with Crippen LogP contribution in [0.1, 0.15) is 57.4 Å². The van der Waals surface area contributed by atoms with Crippen LogP contribution in [0.2, 0.25) is 0 Å². The molecule has 1 aromatic rings. The molecule has 5 nitrogen and oxygen atoms in total. The number of aliphatic hydroxyl groups excluding tert-OH is 1. The minimum atomic E-state index is -3.40. The Hall–Kier alpha value is -2.28. The number of carbonyl (C=O) groups excluding carboxylic acids is 2. The van der Waals surface area contributed by atoms with Crippen LogP contribution in [0.3, 0.4) is 0 Å². The Kier molecular flexibility index (Phi) is 9.43. The van der Waals surface area contributed by atoms with Crippen molar-refractivity contribution in [1.29, 1.82) is 0 Å². The predicted octanol–water partition coefficient (Wildman–Crippen LogP) is 4.20. The number of hydrogen-bond acceptors (Lipinski definition) is 4.